The Balaban J connectivity index is 2.85. The number of hydrogen-bond donors (Lipinski definition) is 2. The van der Waals surface area contributed by atoms with Crippen molar-refractivity contribution in [2.75, 3.05) is 5.32 Å². The number of sulfonamides is 1. The zero-order valence-corrected chi connectivity index (χ0v) is 12.5. The maximum atomic E-state index is 11.9. The van der Waals surface area contributed by atoms with Crippen molar-refractivity contribution in [2.45, 2.75) is 37.1 Å². The van der Waals surface area contributed by atoms with Crippen LogP contribution in [0.15, 0.2) is 29.2 Å². The lowest BCUT2D eigenvalue weighted by atomic mass is 10.3. The standard InChI is InChI=1S/C12H17ClN2O3S/c1-8(2)15-19(17,18)11-6-4-10(5-7-11)14-12(16)9(3)13/h4-9,15H,1-3H3,(H,14,16)/t9-/m1/s1. The fraction of sp³-hybridized carbons (Fsp3) is 0.417. The number of amides is 1. The van der Waals surface area contributed by atoms with E-state index in [1.54, 1.807) is 20.8 Å². The van der Waals surface area contributed by atoms with Crippen LogP contribution in [0.4, 0.5) is 5.69 Å². The predicted octanol–water partition coefficient (Wildman–Crippen LogP) is 1.94. The Bertz CT molecular complexity index is 539. The molecule has 0 fully saturated rings. The highest BCUT2D eigenvalue weighted by Crippen LogP contribution is 2.15. The minimum Gasteiger partial charge on any atom is -0.325 e. The van der Waals surface area contributed by atoms with Gasteiger partial charge in [-0.25, -0.2) is 13.1 Å². The average Bonchev–Trinajstić information content (AvgIpc) is 2.27. The van der Waals surface area contributed by atoms with Gasteiger partial charge in [0.05, 0.1) is 4.90 Å². The minimum absolute atomic E-state index is 0.151. The van der Waals surface area contributed by atoms with Gasteiger partial charge in [0.15, 0.2) is 0 Å². The van der Waals surface area contributed by atoms with Gasteiger partial charge in [-0.2, -0.15) is 0 Å². The van der Waals surface area contributed by atoms with Gasteiger partial charge in [0.2, 0.25) is 15.9 Å². The van der Waals surface area contributed by atoms with Crippen molar-refractivity contribution in [1.29, 1.82) is 0 Å². The van der Waals surface area contributed by atoms with E-state index < -0.39 is 15.4 Å². The molecule has 0 heterocycles. The Kier molecular flexibility index (Phi) is 5.34. The van der Waals surface area contributed by atoms with Gasteiger partial charge < -0.3 is 5.32 Å². The zero-order chi connectivity index (χ0) is 14.6. The van der Waals surface area contributed by atoms with Crippen molar-refractivity contribution >= 4 is 33.2 Å². The van der Waals surface area contributed by atoms with Crippen LogP contribution in [-0.2, 0) is 14.8 Å². The van der Waals surface area contributed by atoms with Gasteiger partial charge in [-0.3, -0.25) is 4.79 Å². The van der Waals surface area contributed by atoms with Gasteiger partial charge in [-0.05, 0) is 45.0 Å². The van der Waals surface area contributed by atoms with Gasteiger partial charge >= 0.3 is 0 Å². The van der Waals surface area contributed by atoms with E-state index >= 15 is 0 Å². The SMILES string of the molecule is CC(C)NS(=O)(=O)c1ccc(NC(=O)[C@@H](C)Cl)cc1. The van der Waals surface area contributed by atoms with Gasteiger partial charge in [-0.1, -0.05) is 0 Å². The second kappa shape index (κ2) is 6.36. The van der Waals surface area contributed by atoms with Crippen LogP contribution in [-0.4, -0.2) is 25.7 Å². The Labute approximate surface area is 118 Å². The summed E-state index contributed by atoms with van der Waals surface area (Å²) < 4.78 is 26.2. The lowest BCUT2D eigenvalue weighted by molar-refractivity contribution is -0.115. The molecule has 0 unspecified atom stereocenters. The first-order chi connectivity index (χ1) is 8.72. The van der Waals surface area contributed by atoms with Crippen LogP contribution in [0.5, 0.6) is 0 Å². The van der Waals surface area contributed by atoms with E-state index in [2.05, 4.69) is 10.0 Å². The normalized spacial score (nSPS) is 13.3. The molecule has 5 nitrogen and oxygen atoms in total. The highest BCUT2D eigenvalue weighted by atomic mass is 35.5. The quantitative estimate of drug-likeness (QED) is 0.816. The van der Waals surface area contributed by atoms with Gasteiger partial charge in [0.25, 0.3) is 0 Å². The molecule has 0 aliphatic rings. The summed E-state index contributed by atoms with van der Waals surface area (Å²) in [6, 6.07) is 5.72. The summed E-state index contributed by atoms with van der Waals surface area (Å²) >= 11 is 5.62. The molecule has 1 aromatic rings. The number of carbonyl (C=O) groups is 1. The highest BCUT2D eigenvalue weighted by Gasteiger charge is 2.15. The van der Waals surface area contributed by atoms with E-state index in [-0.39, 0.29) is 16.8 Å². The molecular weight excluding hydrogens is 288 g/mol. The number of halogens is 1. The molecule has 1 aromatic carbocycles. The third kappa shape index (κ3) is 4.81. The van der Waals surface area contributed by atoms with Crippen molar-refractivity contribution in [3.8, 4) is 0 Å². The maximum Gasteiger partial charge on any atom is 0.242 e. The first-order valence-corrected chi connectivity index (χ1v) is 7.71. The molecule has 7 heteroatoms. The van der Waals surface area contributed by atoms with Gasteiger partial charge in [-0.15, -0.1) is 11.6 Å². The third-order valence-corrected chi connectivity index (χ3v) is 4.06. The van der Waals surface area contributed by atoms with Crippen molar-refractivity contribution < 1.29 is 13.2 Å². The number of nitrogens with one attached hydrogen (secondary N) is 2. The van der Waals surface area contributed by atoms with E-state index in [1.165, 1.54) is 24.3 Å². The summed E-state index contributed by atoms with van der Waals surface area (Å²) in [5.41, 5.74) is 0.501. The molecule has 0 radical (unpaired) electrons. The van der Waals surface area contributed by atoms with E-state index in [4.69, 9.17) is 11.6 Å². The molecular formula is C12H17ClN2O3S. The molecule has 1 atom stereocenters. The van der Waals surface area contributed by atoms with Crippen LogP contribution in [0.2, 0.25) is 0 Å². The number of hydrogen-bond acceptors (Lipinski definition) is 3. The van der Waals surface area contributed by atoms with Crippen LogP contribution in [0.1, 0.15) is 20.8 Å². The van der Waals surface area contributed by atoms with Gasteiger partial charge in [0, 0.05) is 11.7 Å². The Hall–Kier alpha value is -1.11. The van der Waals surface area contributed by atoms with Crippen molar-refractivity contribution in [3.05, 3.63) is 24.3 Å². The Morgan fingerprint density at radius 3 is 2.11 bits per heavy atom. The number of carbonyl (C=O) groups excluding carboxylic acids is 1. The average molecular weight is 305 g/mol. The molecule has 2 N–H and O–H groups in total. The maximum absolute atomic E-state index is 11.9. The second-order valence-corrected chi connectivity index (χ2v) is 6.77. The van der Waals surface area contributed by atoms with E-state index in [1.807, 2.05) is 0 Å². The number of alkyl halides is 1. The largest absolute Gasteiger partial charge is 0.325 e. The van der Waals surface area contributed by atoms with Crippen LogP contribution in [0, 0.1) is 0 Å². The molecule has 1 rings (SSSR count). The summed E-state index contributed by atoms with van der Waals surface area (Å²) in [4.78, 5) is 11.5. The van der Waals surface area contributed by atoms with Crippen LogP contribution in [0.25, 0.3) is 0 Å². The summed E-state index contributed by atoms with van der Waals surface area (Å²) in [5, 5.41) is 1.93. The Morgan fingerprint density at radius 1 is 1.16 bits per heavy atom. The monoisotopic (exact) mass is 304 g/mol. The first kappa shape index (κ1) is 15.9. The molecule has 0 aliphatic carbocycles. The van der Waals surface area contributed by atoms with E-state index in [0.29, 0.717) is 5.69 Å². The lowest BCUT2D eigenvalue weighted by Gasteiger charge is -2.10. The smallest absolute Gasteiger partial charge is 0.242 e. The fourth-order valence-corrected chi connectivity index (χ4v) is 2.64. The Morgan fingerprint density at radius 2 is 1.68 bits per heavy atom. The van der Waals surface area contributed by atoms with Crippen LogP contribution >= 0.6 is 11.6 Å². The molecule has 0 saturated carbocycles. The van der Waals surface area contributed by atoms with Crippen molar-refractivity contribution in [1.82, 2.24) is 4.72 Å². The zero-order valence-electron chi connectivity index (χ0n) is 11.0. The predicted molar refractivity (Wildman–Crippen MR) is 75.8 cm³/mol. The van der Waals surface area contributed by atoms with E-state index in [0.717, 1.165) is 0 Å². The molecule has 0 aliphatic heterocycles. The summed E-state index contributed by atoms with van der Waals surface area (Å²) in [7, 11) is -3.51. The van der Waals surface area contributed by atoms with Crippen LogP contribution in [0.3, 0.4) is 0 Å². The molecule has 0 saturated heterocycles. The molecule has 0 spiro atoms. The van der Waals surface area contributed by atoms with Crippen LogP contribution < -0.4 is 10.0 Å². The molecule has 1 amide bonds. The summed E-state index contributed by atoms with van der Waals surface area (Å²) in [5.74, 6) is -0.336. The topological polar surface area (TPSA) is 75.3 Å². The molecule has 106 valence electrons. The van der Waals surface area contributed by atoms with Gasteiger partial charge in [0.1, 0.15) is 5.38 Å². The number of benzene rings is 1. The fourth-order valence-electron chi connectivity index (χ4n) is 1.34. The summed E-state index contributed by atoms with van der Waals surface area (Å²) in [6.07, 6.45) is 0. The molecule has 0 bridgehead atoms. The number of anilines is 1. The minimum atomic E-state index is -3.51. The van der Waals surface area contributed by atoms with Crippen molar-refractivity contribution in [2.24, 2.45) is 0 Å². The number of rotatable bonds is 5. The van der Waals surface area contributed by atoms with E-state index in [9.17, 15) is 13.2 Å². The summed E-state index contributed by atoms with van der Waals surface area (Å²) in [6.45, 7) is 5.05. The van der Waals surface area contributed by atoms with Crippen molar-refractivity contribution in [3.63, 3.8) is 0 Å². The molecule has 0 aromatic heterocycles. The first-order valence-electron chi connectivity index (χ1n) is 5.79. The molecule has 19 heavy (non-hydrogen) atoms. The second-order valence-electron chi connectivity index (χ2n) is 4.41. The lowest BCUT2D eigenvalue weighted by Crippen LogP contribution is -2.30. The third-order valence-electron chi connectivity index (χ3n) is 2.18. The highest BCUT2D eigenvalue weighted by molar-refractivity contribution is 7.89.